The summed E-state index contributed by atoms with van der Waals surface area (Å²) in [6, 6.07) is 43.9. The Morgan fingerprint density at radius 2 is 1.37 bits per heavy atom. The highest BCUT2D eigenvalue weighted by Crippen LogP contribution is 2.47. The summed E-state index contributed by atoms with van der Waals surface area (Å²) < 4.78 is 18.3. The molecule has 1 aliphatic carbocycles. The maximum absolute atomic E-state index is 13.0. The molecule has 1 unspecified atom stereocenters. The lowest BCUT2D eigenvalue weighted by Crippen LogP contribution is -2.50. The number of fused-ring (bicyclic) bond motifs is 1. The topological polar surface area (TPSA) is 97.4 Å². The fraction of sp³-hybridized carbons (Fsp3) is 0.340. The maximum atomic E-state index is 13.0. The molecule has 2 saturated heterocycles. The van der Waals surface area contributed by atoms with Crippen molar-refractivity contribution in [2.75, 3.05) is 45.9 Å². The third-order valence-electron chi connectivity index (χ3n) is 12.0. The number of piperazine rings is 1. The smallest absolute Gasteiger partial charge is 0.260 e. The molecule has 2 heterocycles. The number of nitrogens with zero attached hydrogens (tertiary/aromatic N) is 2. The standard InChI is InChI=1S/C50H53N3O6/c54-47-25-24-46(50(56)51-47)39-14-9-15-42(32-39)59-35-48(55)53-29-27-52(28-30-53)26-7-8-31-57-41-19-16-38(17-20-41)49-44(37-12-5-2-6-13-37)22-18-40-33-43(21-23-45(40)49)58-34-36-10-3-1-4-11-36/h1-6,9-17,19-21,23,32-33,44,46,49H,7-8,18,22,24-31,34-35H2,(H,51,54,56)/t44-,46?,49+/m1/s1. The van der Waals surface area contributed by atoms with E-state index in [9.17, 15) is 14.4 Å². The van der Waals surface area contributed by atoms with Crippen molar-refractivity contribution < 1.29 is 28.6 Å². The minimum absolute atomic E-state index is 0.0444. The molecular formula is C50H53N3O6. The van der Waals surface area contributed by atoms with E-state index in [0.29, 0.717) is 50.8 Å². The van der Waals surface area contributed by atoms with E-state index >= 15 is 0 Å². The van der Waals surface area contributed by atoms with Crippen molar-refractivity contribution in [1.82, 2.24) is 15.1 Å². The lowest BCUT2D eigenvalue weighted by atomic mass is 9.69. The molecule has 3 amide bonds. The second-order valence-corrected chi connectivity index (χ2v) is 15.9. The van der Waals surface area contributed by atoms with E-state index in [-0.39, 0.29) is 36.2 Å². The van der Waals surface area contributed by atoms with E-state index < -0.39 is 0 Å². The summed E-state index contributed by atoms with van der Waals surface area (Å²) in [5.41, 5.74) is 7.36. The Morgan fingerprint density at radius 1 is 0.644 bits per heavy atom. The zero-order valence-corrected chi connectivity index (χ0v) is 33.6. The van der Waals surface area contributed by atoms with E-state index in [2.05, 4.69) is 95.1 Å². The zero-order valence-electron chi connectivity index (χ0n) is 33.6. The lowest BCUT2D eigenvalue weighted by Gasteiger charge is -2.35. The third-order valence-corrected chi connectivity index (χ3v) is 12.0. The van der Waals surface area contributed by atoms with Gasteiger partial charge in [-0.3, -0.25) is 24.6 Å². The molecule has 0 radical (unpaired) electrons. The minimum atomic E-state index is -0.389. The van der Waals surface area contributed by atoms with Crippen molar-refractivity contribution in [3.63, 3.8) is 0 Å². The van der Waals surface area contributed by atoms with Crippen molar-refractivity contribution in [1.29, 1.82) is 0 Å². The van der Waals surface area contributed by atoms with Gasteiger partial charge in [0.15, 0.2) is 6.61 Å². The quantitative estimate of drug-likeness (QED) is 0.0848. The van der Waals surface area contributed by atoms with Gasteiger partial charge >= 0.3 is 0 Å². The Labute approximate surface area is 347 Å². The van der Waals surface area contributed by atoms with Gasteiger partial charge in [-0.25, -0.2) is 0 Å². The molecule has 3 atom stereocenters. The average Bonchev–Trinajstić information content (AvgIpc) is 3.28. The Hall–Kier alpha value is -5.93. The van der Waals surface area contributed by atoms with Gasteiger partial charge in [-0.1, -0.05) is 91.0 Å². The fourth-order valence-corrected chi connectivity index (χ4v) is 8.79. The number of nitrogens with one attached hydrogen (secondary N) is 1. The van der Waals surface area contributed by atoms with Gasteiger partial charge in [0.2, 0.25) is 11.8 Å². The number of ether oxygens (including phenoxy) is 3. The number of imide groups is 1. The normalized spacial score (nSPS) is 19.4. The second kappa shape index (κ2) is 19.2. The molecule has 5 aromatic carbocycles. The van der Waals surface area contributed by atoms with Crippen LogP contribution in [-0.4, -0.2) is 73.5 Å². The molecule has 0 aromatic heterocycles. The molecule has 8 rings (SSSR count). The van der Waals surface area contributed by atoms with E-state index in [1.807, 2.05) is 35.2 Å². The van der Waals surface area contributed by atoms with Crippen LogP contribution in [0.15, 0.2) is 127 Å². The molecule has 2 aliphatic heterocycles. The van der Waals surface area contributed by atoms with Crippen LogP contribution in [0.3, 0.4) is 0 Å². The molecule has 0 spiro atoms. The Morgan fingerprint density at radius 3 is 2.15 bits per heavy atom. The van der Waals surface area contributed by atoms with Crippen molar-refractivity contribution in [3.05, 3.63) is 161 Å². The first-order valence-electron chi connectivity index (χ1n) is 21.1. The van der Waals surface area contributed by atoms with Gasteiger partial charge in [-0.2, -0.15) is 0 Å². The summed E-state index contributed by atoms with van der Waals surface area (Å²) in [4.78, 5) is 41.1. The summed E-state index contributed by atoms with van der Waals surface area (Å²) in [6.45, 7) is 5.13. The summed E-state index contributed by atoms with van der Waals surface area (Å²) in [6.07, 6.45) is 4.86. The highest BCUT2D eigenvalue weighted by Gasteiger charge is 2.33. The highest BCUT2D eigenvalue weighted by molar-refractivity contribution is 6.01. The van der Waals surface area contributed by atoms with Gasteiger partial charge in [-0.05, 0) is 114 Å². The lowest BCUT2D eigenvalue weighted by molar-refractivity contribution is -0.136. The molecule has 9 heteroatoms. The Kier molecular flexibility index (Phi) is 13.0. The monoisotopic (exact) mass is 791 g/mol. The van der Waals surface area contributed by atoms with Gasteiger partial charge < -0.3 is 19.1 Å². The van der Waals surface area contributed by atoms with Gasteiger partial charge in [0.1, 0.15) is 23.9 Å². The first kappa shape index (κ1) is 39.9. The number of piperidine rings is 1. The average molecular weight is 792 g/mol. The van der Waals surface area contributed by atoms with Crippen LogP contribution in [-0.2, 0) is 27.4 Å². The first-order valence-corrected chi connectivity index (χ1v) is 21.1. The number of amides is 3. The molecule has 3 aliphatic rings. The maximum Gasteiger partial charge on any atom is 0.260 e. The zero-order chi connectivity index (χ0) is 40.4. The molecule has 5 aromatic rings. The van der Waals surface area contributed by atoms with Crippen molar-refractivity contribution >= 4 is 17.7 Å². The van der Waals surface area contributed by atoms with Crippen molar-refractivity contribution in [2.45, 2.75) is 62.9 Å². The fourth-order valence-electron chi connectivity index (χ4n) is 8.79. The predicted molar refractivity (Wildman–Crippen MR) is 228 cm³/mol. The molecular weight excluding hydrogens is 739 g/mol. The molecule has 2 fully saturated rings. The minimum Gasteiger partial charge on any atom is -0.494 e. The number of carbonyl (C=O) groups is 3. The van der Waals surface area contributed by atoms with Crippen LogP contribution in [0.5, 0.6) is 17.2 Å². The number of aryl methyl sites for hydroxylation is 1. The summed E-state index contributed by atoms with van der Waals surface area (Å²) in [5.74, 6) is 2.02. The summed E-state index contributed by atoms with van der Waals surface area (Å²) >= 11 is 0. The van der Waals surface area contributed by atoms with E-state index in [1.54, 1.807) is 12.1 Å². The summed E-state index contributed by atoms with van der Waals surface area (Å²) in [5, 5.41) is 2.40. The van der Waals surface area contributed by atoms with Gasteiger partial charge in [0, 0.05) is 38.5 Å². The first-order chi connectivity index (χ1) is 29.0. The number of hydrogen-bond acceptors (Lipinski definition) is 7. The van der Waals surface area contributed by atoms with Gasteiger partial charge in [0.25, 0.3) is 5.91 Å². The number of unbranched alkanes of at least 4 members (excludes halogenated alkanes) is 1. The van der Waals surface area contributed by atoms with Crippen LogP contribution < -0.4 is 19.5 Å². The van der Waals surface area contributed by atoms with Crippen LogP contribution in [0.1, 0.15) is 83.2 Å². The predicted octanol–water partition coefficient (Wildman–Crippen LogP) is 8.03. The van der Waals surface area contributed by atoms with Gasteiger partial charge in [-0.15, -0.1) is 0 Å². The van der Waals surface area contributed by atoms with E-state index in [4.69, 9.17) is 14.2 Å². The van der Waals surface area contributed by atoms with Crippen LogP contribution in [0.25, 0.3) is 0 Å². The van der Waals surface area contributed by atoms with Crippen LogP contribution in [0.4, 0.5) is 0 Å². The van der Waals surface area contributed by atoms with Crippen molar-refractivity contribution in [3.8, 4) is 17.2 Å². The second-order valence-electron chi connectivity index (χ2n) is 15.9. The van der Waals surface area contributed by atoms with E-state index in [0.717, 1.165) is 67.9 Å². The molecule has 1 N–H and O–H groups in total. The molecule has 0 bridgehead atoms. The summed E-state index contributed by atoms with van der Waals surface area (Å²) in [7, 11) is 0. The number of carbonyl (C=O) groups excluding carboxylic acids is 3. The van der Waals surface area contributed by atoms with Gasteiger partial charge in [0.05, 0.1) is 12.5 Å². The number of rotatable bonds is 15. The van der Waals surface area contributed by atoms with Crippen LogP contribution >= 0.6 is 0 Å². The molecule has 0 saturated carbocycles. The Bertz CT molecular complexity index is 2190. The van der Waals surface area contributed by atoms with Crippen molar-refractivity contribution in [2.24, 2.45) is 0 Å². The van der Waals surface area contributed by atoms with Crippen LogP contribution in [0, 0.1) is 0 Å². The highest BCUT2D eigenvalue weighted by atomic mass is 16.5. The third kappa shape index (κ3) is 10.2. The van der Waals surface area contributed by atoms with Crippen LogP contribution in [0.2, 0.25) is 0 Å². The van der Waals surface area contributed by atoms with E-state index in [1.165, 1.54) is 22.3 Å². The largest absolute Gasteiger partial charge is 0.494 e. The SMILES string of the molecule is O=C1CCC(c2cccc(OCC(=O)N3CCN(CCCCOc4ccc([C@@H]5c6ccc(OCc7ccccc7)cc6CC[C@@H]5c5ccccc5)cc4)CC3)c2)C(=O)N1. The molecule has 9 nitrogen and oxygen atoms in total. The molecule has 59 heavy (non-hydrogen) atoms. The Balaban J connectivity index is 0.780. The number of benzene rings is 5. The molecule has 304 valence electrons. The number of hydrogen-bond donors (Lipinski definition) is 1.